The number of rotatable bonds is 3. The fourth-order valence-electron chi connectivity index (χ4n) is 5.76. The van der Waals surface area contributed by atoms with E-state index in [4.69, 9.17) is 4.74 Å². The topological polar surface area (TPSA) is 144 Å². The maximum atomic E-state index is 13.5. The molecule has 0 spiro atoms. The van der Waals surface area contributed by atoms with Crippen LogP contribution in [0.3, 0.4) is 0 Å². The van der Waals surface area contributed by atoms with E-state index in [1.54, 1.807) is 11.4 Å². The van der Waals surface area contributed by atoms with Crippen LogP contribution in [-0.2, 0) is 12.0 Å². The van der Waals surface area contributed by atoms with Crippen molar-refractivity contribution in [2.75, 3.05) is 45.2 Å². The number of carbonyl (C=O) groups excluding carboxylic acids is 2. The Morgan fingerprint density at radius 2 is 1.74 bits per heavy atom. The van der Waals surface area contributed by atoms with Gasteiger partial charge in [-0.25, -0.2) is 4.98 Å². The van der Waals surface area contributed by atoms with Crippen molar-refractivity contribution < 1.29 is 34.8 Å². The van der Waals surface area contributed by atoms with Crippen LogP contribution in [0.1, 0.15) is 61.2 Å². The fourth-order valence-corrected chi connectivity index (χ4v) is 6.73. The second-order valence-electron chi connectivity index (χ2n) is 10.1. The van der Waals surface area contributed by atoms with E-state index < -0.39 is 34.8 Å². The number of aromatic nitrogens is 1. The molecule has 6 rings (SSSR count). The Hall–Kier alpha value is -3.03. The maximum Gasteiger partial charge on any atom is 0.202 e. The van der Waals surface area contributed by atoms with Gasteiger partial charge in [0, 0.05) is 61.1 Å². The molecule has 2 unspecified atom stereocenters. The summed E-state index contributed by atoms with van der Waals surface area (Å²) in [5.74, 6) is -2.29. The third-order valence-electron chi connectivity index (χ3n) is 7.84. The lowest BCUT2D eigenvalue weighted by Gasteiger charge is -2.37. The molecule has 2 heterocycles. The number of carbonyl (C=O) groups is 2. The lowest BCUT2D eigenvalue weighted by atomic mass is 9.72. The molecule has 2 aliphatic carbocycles. The molecule has 10 nitrogen and oxygen atoms in total. The van der Waals surface area contributed by atoms with E-state index in [2.05, 4.69) is 21.8 Å². The first-order valence-electron chi connectivity index (χ1n) is 12.3. The smallest absolute Gasteiger partial charge is 0.202 e. The average molecular weight is 619 g/mol. The minimum Gasteiger partial charge on any atom is -0.507 e. The summed E-state index contributed by atoms with van der Waals surface area (Å²) in [4.78, 5) is 36.0. The first-order chi connectivity index (χ1) is 18.1. The van der Waals surface area contributed by atoms with Crippen molar-refractivity contribution in [3.8, 4) is 17.2 Å². The van der Waals surface area contributed by atoms with Gasteiger partial charge in [0.25, 0.3) is 0 Å². The van der Waals surface area contributed by atoms with Gasteiger partial charge in [0.05, 0.1) is 35.6 Å². The normalized spacial score (nSPS) is 22.6. The minimum atomic E-state index is -1.66. The van der Waals surface area contributed by atoms with E-state index >= 15 is 0 Å². The highest BCUT2D eigenvalue weighted by molar-refractivity contribution is 8.93. The summed E-state index contributed by atoms with van der Waals surface area (Å²) in [5.41, 5.74) is -2.06. The van der Waals surface area contributed by atoms with Crippen molar-refractivity contribution >= 4 is 45.0 Å². The summed E-state index contributed by atoms with van der Waals surface area (Å²) in [6, 6.07) is 4.55. The molecule has 39 heavy (non-hydrogen) atoms. The Balaban J connectivity index is 0.00000308. The molecule has 1 aromatic heterocycles. The molecule has 1 fully saturated rings. The molecule has 2 aromatic carbocycles. The number of thiazole rings is 1. The molecular weight excluding hydrogens is 590 g/mol. The number of aliphatic hydroxyl groups excluding tert-OH is 1. The third kappa shape index (κ3) is 4.13. The number of fused-ring (bicyclic) bond motifs is 3. The number of ketones is 2. The molecule has 1 aliphatic heterocycles. The van der Waals surface area contributed by atoms with E-state index in [1.165, 1.54) is 30.6 Å². The van der Waals surface area contributed by atoms with Crippen LogP contribution in [0.5, 0.6) is 17.2 Å². The highest BCUT2D eigenvalue weighted by Crippen LogP contribution is 2.53. The number of hydrogen-bond acceptors (Lipinski definition) is 11. The standard InChI is InChI=1S/C27H27N3O7S.BrH/c1-29-6-8-30(9-7-29)26-28-17(12-38-26)27(36)10-14-18(15(31)11-27)24(34)21-20(23(14)33)22(32)13-4-3-5-16(37-2)19(13)25(21)35;/h3-5,12,15,31,33-34,36H,6-11H2,1-2H3;1H. The Labute approximate surface area is 238 Å². The summed E-state index contributed by atoms with van der Waals surface area (Å²) < 4.78 is 5.27. The van der Waals surface area contributed by atoms with Crippen LogP contribution in [0.4, 0.5) is 5.13 Å². The van der Waals surface area contributed by atoms with E-state index in [0.717, 1.165) is 31.3 Å². The van der Waals surface area contributed by atoms with E-state index in [9.17, 15) is 30.0 Å². The van der Waals surface area contributed by atoms with Crippen molar-refractivity contribution in [3.05, 3.63) is 62.7 Å². The number of nitrogens with zero attached hydrogens (tertiary/aromatic N) is 3. The average Bonchev–Trinajstić information content (AvgIpc) is 3.40. The van der Waals surface area contributed by atoms with E-state index in [1.807, 2.05) is 0 Å². The van der Waals surface area contributed by atoms with Crippen LogP contribution in [0, 0.1) is 0 Å². The number of methoxy groups -OCH3 is 1. The number of aliphatic hydroxyl groups is 2. The third-order valence-corrected chi connectivity index (χ3v) is 8.74. The summed E-state index contributed by atoms with van der Waals surface area (Å²) >= 11 is 1.39. The molecule has 206 valence electrons. The number of phenolic OH excluding ortho intramolecular Hbond substituents is 2. The molecule has 2 atom stereocenters. The maximum absolute atomic E-state index is 13.5. The van der Waals surface area contributed by atoms with Crippen molar-refractivity contribution in [3.63, 3.8) is 0 Å². The molecule has 0 saturated carbocycles. The molecule has 4 N–H and O–H groups in total. The molecule has 0 amide bonds. The second-order valence-corrected chi connectivity index (χ2v) is 11.0. The van der Waals surface area contributed by atoms with Crippen LogP contribution < -0.4 is 9.64 Å². The number of anilines is 1. The Kier molecular flexibility index (Phi) is 6.96. The predicted octanol–water partition coefficient (Wildman–Crippen LogP) is 2.54. The SMILES string of the molecule is Br.COc1cccc2c1C(=O)c1c(O)c3c(c(O)c1C2=O)CC(O)(c1csc(N2CCN(C)CC2)n1)CC3O. The molecule has 1 saturated heterocycles. The quantitative estimate of drug-likeness (QED) is 0.253. The van der Waals surface area contributed by atoms with Gasteiger partial charge in [-0.1, -0.05) is 12.1 Å². The van der Waals surface area contributed by atoms with Gasteiger partial charge >= 0.3 is 0 Å². The van der Waals surface area contributed by atoms with Crippen LogP contribution in [0.25, 0.3) is 0 Å². The van der Waals surface area contributed by atoms with Gasteiger partial charge in [0.2, 0.25) is 5.78 Å². The zero-order valence-corrected chi connectivity index (χ0v) is 23.8. The zero-order chi connectivity index (χ0) is 26.9. The number of likely N-dealkylation sites (N-methyl/N-ethyl adjacent to an activating group) is 1. The lowest BCUT2D eigenvalue weighted by Crippen LogP contribution is -2.44. The Morgan fingerprint density at radius 1 is 1.05 bits per heavy atom. The number of piperazine rings is 1. The molecule has 0 radical (unpaired) electrons. The summed E-state index contributed by atoms with van der Waals surface area (Å²) in [6.45, 7) is 3.39. The minimum absolute atomic E-state index is 0. The number of benzene rings is 2. The number of halogens is 1. The van der Waals surface area contributed by atoms with Crippen molar-refractivity contribution in [2.45, 2.75) is 24.5 Å². The first-order valence-corrected chi connectivity index (χ1v) is 13.2. The largest absolute Gasteiger partial charge is 0.507 e. The van der Waals surface area contributed by atoms with Crippen LogP contribution in [0.2, 0.25) is 0 Å². The molecule has 0 bridgehead atoms. The van der Waals surface area contributed by atoms with Crippen LogP contribution in [-0.4, -0.2) is 82.2 Å². The second kappa shape index (κ2) is 9.86. The number of hydrogen-bond donors (Lipinski definition) is 4. The van der Waals surface area contributed by atoms with Gasteiger partial charge < -0.3 is 35.0 Å². The van der Waals surface area contributed by atoms with Gasteiger partial charge in [-0.05, 0) is 13.1 Å². The lowest BCUT2D eigenvalue weighted by molar-refractivity contribution is -0.0307. The van der Waals surface area contributed by atoms with Crippen molar-refractivity contribution in [2.24, 2.45) is 0 Å². The van der Waals surface area contributed by atoms with Crippen LogP contribution >= 0.6 is 28.3 Å². The van der Waals surface area contributed by atoms with Gasteiger partial charge in [0.15, 0.2) is 10.9 Å². The van der Waals surface area contributed by atoms with Crippen molar-refractivity contribution in [1.29, 1.82) is 0 Å². The van der Waals surface area contributed by atoms with Crippen LogP contribution in [0.15, 0.2) is 23.6 Å². The van der Waals surface area contributed by atoms with Gasteiger partial charge in [-0.15, -0.1) is 28.3 Å². The van der Waals surface area contributed by atoms with Gasteiger partial charge in [-0.3, -0.25) is 9.59 Å². The fraction of sp³-hybridized carbons (Fsp3) is 0.370. The first kappa shape index (κ1) is 27.5. The van der Waals surface area contributed by atoms with E-state index in [-0.39, 0.29) is 69.0 Å². The summed E-state index contributed by atoms with van der Waals surface area (Å²) in [5, 5.41) is 47.8. The molecule has 3 aromatic rings. The van der Waals surface area contributed by atoms with Gasteiger partial charge in [0.1, 0.15) is 22.8 Å². The number of ether oxygens (including phenoxy) is 1. The summed E-state index contributed by atoms with van der Waals surface area (Å²) in [6.07, 6.45) is -1.83. The van der Waals surface area contributed by atoms with Crippen molar-refractivity contribution in [1.82, 2.24) is 9.88 Å². The number of phenols is 2. The molecular formula is C27H28BrN3O7S. The highest BCUT2D eigenvalue weighted by atomic mass is 79.9. The highest BCUT2D eigenvalue weighted by Gasteiger charge is 2.47. The molecule has 3 aliphatic rings. The Morgan fingerprint density at radius 3 is 2.44 bits per heavy atom. The molecule has 12 heteroatoms. The predicted molar refractivity (Wildman–Crippen MR) is 149 cm³/mol. The van der Waals surface area contributed by atoms with E-state index in [0.29, 0.717) is 5.69 Å². The number of aromatic hydroxyl groups is 2. The van der Waals surface area contributed by atoms with Gasteiger partial charge in [-0.2, -0.15) is 0 Å². The monoisotopic (exact) mass is 617 g/mol. The Bertz CT molecular complexity index is 1500. The zero-order valence-electron chi connectivity index (χ0n) is 21.3. The summed E-state index contributed by atoms with van der Waals surface area (Å²) in [7, 11) is 3.42.